The molecule has 0 bridgehead atoms. The highest BCUT2D eigenvalue weighted by molar-refractivity contribution is 7.95. The molecule has 124 valence electrons. The minimum atomic E-state index is -3.86. The third-order valence-electron chi connectivity index (χ3n) is 3.07. The number of H-pyrrole nitrogens is 1. The SMILES string of the molecule is C=CS(=O)(=O)N(c1ccn[nH]1)c1ccc(OC)c(OC)c1OC. The summed E-state index contributed by atoms with van der Waals surface area (Å²) in [7, 11) is 0.459. The predicted octanol–water partition coefficient (Wildman–Crippen LogP) is 2.05. The van der Waals surface area contributed by atoms with Crippen LogP contribution in [0, 0.1) is 0 Å². The first-order chi connectivity index (χ1) is 11.0. The van der Waals surface area contributed by atoms with Gasteiger partial charge in [-0.2, -0.15) is 5.10 Å². The van der Waals surface area contributed by atoms with Gasteiger partial charge in [-0.3, -0.25) is 5.10 Å². The van der Waals surface area contributed by atoms with E-state index in [1.807, 2.05) is 0 Å². The van der Waals surface area contributed by atoms with Gasteiger partial charge in [0.2, 0.25) is 5.75 Å². The quantitative estimate of drug-likeness (QED) is 0.830. The topological polar surface area (TPSA) is 93.8 Å². The van der Waals surface area contributed by atoms with Crippen LogP contribution in [0.1, 0.15) is 0 Å². The van der Waals surface area contributed by atoms with Gasteiger partial charge in [-0.1, -0.05) is 6.58 Å². The maximum Gasteiger partial charge on any atom is 0.262 e. The molecule has 0 aliphatic rings. The van der Waals surface area contributed by atoms with Gasteiger partial charge in [0, 0.05) is 11.5 Å². The summed E-state index contributed by atoms with van der Waals surface area (Å²) in [4.78, 5) is 0. The largest absolute Gasteiger partial charge is 0.493 e. The second-order valence-electron chi connectivity index (χ2n) is 4.27. The lowest BCUT2D eigenvalue weighted by atomic mass is 10.2. The van der Waals surface area contributed by atoms with E-state index < -0.39 is 10.0 Å². The molecule has 0 amide bonds. The van der Waals surface area contributed by atoms with Gasteiger partial charge in [-0.25, -0.2) is 12.7 Å². The van der Waals surface area contributed by atoms with E-state index in [1.54, 1.807) is 12.1 Å². The smallest absolute Gasteiger partial charge is 0.262 e. The Hall–Kier alpha value is -2.68. The molecule has 9 heteroatoms. The molecule has 1 N–H and O–H groups in total. The Morgan fingerprint density at radius 3 is 2.30 bits per heavy atom. The first-order valence-electron chi connectivity index (χ1n) is 6.46. The standard InChI is InChI=1S/C14H17N3O5S/c1-5-23(18,19)17(12-8-9-15-16-12)10-6-7-11(20-2)14(22-4)13(10)21-3/h5-9H,1H2,2-4H3,(H,15,16). The number of anilines is 2. The Morgan fingerprint density at radius 1 is 1.13 bits per heavy atom. The Morgan fingerprint density at radius 2 is 1.83 bits per heavy atom. The second kappa shape index (κ2) is 6.61. The highest BCUT2D eigenvalue weighted by Gasteiger charge is 2.29. The van der Waals surface area contributed by atoms with Crippen molar-refractivity contribution in [3.63, 3.8) is 0 Å². The summed E-state index contributed by atoms with van der Waals surface area (Å²) in [5.74, 6) is 1.12. The predicted molar refractivity (Wildman–Crippen MR) is 85.9 cm³/mol. The fourth-order valence-electron chi connectivity index (χ4n) is 2.09. The number of nitrogens with zero attached hydrogens (tertiary/aromatic N) is 2. The first-order valence-corrected chi connectivity index (χ1v) is 7.96. The lowest BCUT2D eigenvalue weighted by Gasteiger charge is -2.24. The average molecular weight is 339 g/mol. The number of hydrogen-bond acceptors (Lipinski definition) is 6. The molecule has 0 unspecified atom stereocenters. The average Bonchev–Trinajstić information content (AvgIpc) is 3.07. The molecule has 0 radical (unpaired) electrons. The van der Waals surface area contributed by atoms with Crippen molar-refractivity contribution >= 4 is 21.5 Å². The van der Waals surface area contributed by atoms with Crippen molar-refractivity contribution in [2.45, 2.75) is 0 Å². The molecular formula is C14H17N3O5S. The maximum atomic E-state index is 12.5. The van der Waals surface area contributed by atoms with E-state index in [0.29, 0.717) is 5.75 Å². The molecule has 0 saturated heterocycles. The van der Waals surface area contributed by atoms with Crippen LogP contribution in [0.25, 0.3) is 0 Å². The van der Waals surface area contributed by atoms with E-state index in [4.69, 9.17) is 14.2 Å². The lowest BCUT2D eigenvalue weighted by molar-refractivity contribution is 0.325. The van der Waals surface area contributed by atoms with Gasteiger partial charge in [0.25, 0.3) is 10.0 Å². The van der Waals surface area contributed by atoms with Gasteiger partial charge in [0.15, 0.2) is 11.5 Å². The molecule has 1 heterocycles. The monoisotopic (exact) mass is 339 g/mol. The molecule has 2 rings (SSSR count). The summed E-state index contributed by atoms with van der Waals surface area (Å²) in [6.07, 6.45) is 1.44. The summed E-state index contributed by atoms with van der Waals surface area (Å²) in [5.41, 5.74) is 0.231. The Balaban J connectivity index is 2.77. The molecule has 0 fully saturated rings. The minimum absolute atomic E-state index is 0.201. The first kappa shape index (κ1) is 16.7. The van der Waals surface area contributed by atoms with Crippen LogP contribution in [0.3, 0.4) is 0 Å². The molecule has 2 aromatic rings. The molecule has 0 atom stereocenters. The number of methoxy groups -OCH3 is 3. The van der Waals surface area contributed by atoms with Crippen LogP contribution >= 0.6 is 0 Å². The summed E-state index contributed by atoms with van der Waals surface area (Å²) in [6.45, 7) is 3.36. The zero-order chi connectivity index (χ0) is 17.0. The molecule has 1 aromatic carbocycles. The number of nitrogens with one attached hydrogen (secondary N) is 1. The molecular weight excluding hydrogens is 322 g/mol. The van der Waals surface area contributed by atoms with Gasteiger partial charge >= 0.3 is 0 Å². The Bertz CT molecular complexity index is 787. The number of benzene rings is 1. The lowest BCUT2D eigenvalue weighted by Crippen LogP contribution is -2.25. The van der Waals surface area contributed by atoms with E-state index in [-0.39, 0.29) is 23.0 Å². The van der Waals surface area contributed by atoms with Crippen molar-refractivity contribution in [2.75, 3.05) is 25.6 Å². The zero-order valence-electron chi connectivity index (χ0n) is 12.9. The van der Waals surface area contributed by atoms with Crippen molar-refractivity contribution in [3.05, 3.63) is 36.4 Å². The number of rotatable bonds is 7. The molecule has 0 spiro atoms. The van der Waals surface area contributed by atoms with Crippen molar-refractivity contribution < 1.29 is 22.6 Å². The van der Waals surface area contributed by atoms with Crippen LogP contribution in [0.4, 0.5) is 11.5 Å². The van der Waals surface area contributed by atoms with Crippen molar-refractivity contribution in [3.8, 4) is 17.2 Å². The van der Waals surface area contributed by atoms with Gasteiger partial charge in [-0.15, -0.1) is 0 Å². The highest BCUT2D eigenvalue weighted by Crippen LogP contribution is 2.46. The summed E-state index contributed by atoms with van der Waals surface area (Å²) < 4.78 is 41.8. The minimum Gasteiger partial charge on any atom is -0.493 e. The van der Waals surface area contributed by atoms with E-state index in [9.17, 15) is 8.42 Å². The van der Waals surface area contributed by atoms with Crippen molar-refractivity contribution in [1.29, 1.82) is 0 Å². The van der Waals surface area contributed by atoms with Gasteiger partial charge in [0.1, 0.15) is 11.5 Å². The van der Waals surface area contributed by atoms with Crippen LogP contribution < -0.4 is 18.5 Å². The fraction of sp³-hybridized carbons (Fsp3) is 0.214. The van der Waals surface area contributed by atoms with Gasteiger partial charge < -0.3 is 14.2 Å². The third-order valence-corrected chi connectivity index (χ3v) is 4.40. The molecule has 1 aromatic heterocycles. The number of hydrogen-bond donors (Lipinski definition) is 1. The summed E-state index contributed by atoms with van der Waals surface area (Å²) in [5, 5.41) is 7.24. The number of aromatic amines is 1. The van der Waals surface area contributed by atoms with Crippen LogP contribution in [-0.4, -0.2) is 39.9 Å². The normalized spacial score (nSPS) is 10.9. The molecule has 0 saturated carbocycles. The molecule has 0 aliphatic carbocycles. The van der Waals surface area contributed by atoms with Crippen LogP contribution in [0.15, 0.2) is 36.4 Å². The van der Waals surface area contributed by atoms with Crippen molar-refractivity contribution in [2.24, 2.45) is 0 Å². The molecule has 8 nitrogen and oxygen atoms in total. The highest BCUT2D eigenvalue weighted by atomic mass is 32.2. The fourth-order valence-corrected chi connectivity index (χ4v) is 3.03. The van der Waals surface area contributed by atoms with E-state index in [0.717, 1.165) is 9.71 Å². The summed E-state index contributed by atoms with van der Waals surface area (Å²) in [6, 6.07) is 4.64. The third kappa shape index (κ3) is 2.95. The van der Waals surface area contributed by atoms with Crippen LogP contribution in [0.5, 0.6) is 17.2 Å². The Kier molecular flexibility index (Phi) is 4.80. The molecule has 23 heavy (non-hydrogen) atoms. The van der Waals surface area contributed by atoms with Gasteiger partial charge in [-0.05, 0) is 12.1 Å². The van der Waals surface area contributed by atoms with Crippen LogP contribution in [0.2, 0.25) is 0 Å². The summed E-state index contributed by atoms with van der Waals surface area (Å²) >= 11 is 0. The van der Waals surface area contributed by atoms with Crippen LogP contribution in [-0.2, 0) is 10.0 Å². The maximum absolute atomic E-state index is 12.5. The second-order valence-corrected chi connectivity index (χ2v) is 6.00. The Labute approximate surface area is 134 Å². The van der Waals surface area contributed by atoms with Gasteiger partial charge in [0.05, 0.1) is 27.5 Å². The van der Waals surface area contributed by atoms with E-state index in [2.05, 4.69) is 16.8 Å². The number of aromatic nitrogens is 2. The molecule has 0 aliphatic heterocycles. The van der Waals surface area contributed by atoms with E-state index >= 15 is 0 Å². The van der Waals surface area contributed by atoms with E-state index in [1.165, 1.54) is 33.6 Å². The number of sulfonamides is 1. The zero-order valence-corrected chi connectivity index (χ0v) is 13.8. The number of ether oxygens (including phenoxy) is 3. The van der Waals surface area contributed by atoms with Crippen molar-refractivity contribution in [1.82, 2.24) is 10.2 Å².